The molecule has 0 saturated carbocycles. The van der Waals surface area contributed by atoms with Crippen LogP contribution in [-0.4, -0.2) is 13.0 Å². The third-order valence-electron chi connectivity index (χ3n) is 4.97. The molecular formula is C22H31NaO3S. The van der Waals surface area contributed by atoms with Crippen LogP contribution in [-0.2, 0) is 23.0 Å². The second-order valence-electron chi connectivity index (χ2n) is 7.22. The van der Waals surface area contributed by atoms with Crippen LogP contribution in [0.4, 0.5) is 0 Å². The van der Waals surface area contributed by atoms with Gasteiger partial charge in [0, 0.05) is 0 Å². The van der Waals surface area contributed by atoms with Crippen molar-refractivity contribution in [3.8, 4) is 0 Å². The fourth-order valence-corrected chi connectivity index (χ4v) is 4.21. The summed E-state index contributed by atoms with van der Waals surface area (Å²) in [6, 6.07) is 9.63. The molecule has 2 aromatic carbocycles. The van der Waals surface area contributed by atoms with Gasteiger partial charge < -0.3 is 4.55 Å². The largest absolute Gasteiger partial charge is 1.00 e. The molecule has 0 aliphatic rings. The molecule has 27 heavy (non-hydrogen) atoms. The minimum atomic E-state index is -4.45. The van der Waals surface area contributed by atoms with Gasteiger partial charge in [0.15, 0.2) is 0 Å². The standard InChI is InChI=1S/C22H32O3S.Na/c1-3-5-7-9-11-18-13-14-19-17-22(26(23,24)25)20(16-21(19)15-18)12-10-8-6-4-2;/h13-17H,3-12H2,1-2H3,(H,23,24,25);/q;+1/p-1. The van der Waals surface area contributed by atoms with Gasteiger partial charge in [-0.15, -0.1) is 0 Å². The number of unbranched alkanes of at least 4 members (excludes halogenated alkanes) is 6. The smallest absolute Gasteiger partial charge is 0.744 e. The van der Waals surface area contributed by atoms with Gasteiger partial charge in [-0.1, -0.05) is 70.6 Å². The number of fused-ring (bicyclic) bond motifs is 1. The normalized spacial score (nSPS) is 11.5. The van der Waals surface area contributed by atoms with Gasteiger partial charge in [-0.2, -0.15) is 0 Å². The van der Waals surface area contributed by atoms with E-state index in [1.54, 1.807) is 6.07 Å². The van der Waals surface area contributed by atoms with Crippen molar-refractivity contribution in [3.05, 3.63) is 41.5 Å². The molecular weight excluding hydrogens is 367 g/mol. The van der Waals surface area contributed by atoms with Gasteiger partial charge >= 0.3 is 29.6 Å². The predicted molar refractivity (Wildman–Crippen MR) is 108 cm³/mol. The van der Waals surface area contributed by atoms with Crippen LogP contribution in [0, 0.1) is 0 Å². The van der Waals surface area contributed by atoms with E-state index in [2.05, 4.69) is 26.0 Å². The molecule has 2 aromatic rings. The molecule has 144 valence electrons. The van der Waals surface area contributed by atoms with Crippen molar-refractivity contribution in [2.45, 2.75) is 83.0 Å². The van der Waals surface area contributed by atoms with Crippen molar-refractivity contribution in [3.63, 3.8) is 0 Å². The van der Waals surface area contributed by atoms with Crippen molar-refractivity contribution in [1.82, 2.24) is 0 Å². The maximum Gasteiger partial charge on any atom is 1.00 e. The summed E-state index contributed by atoms with van der Waals surface area (Å²) in [5.41, 5.74) is 1.95. The molecule has 0 fully saturated rings. The Morgan fingerprint density at radius 3 is 2.00 bits per heavy atom. The van der Waals surface area contributed by atoms with Gasteiger partial charge in [0.25, 0.3) is 0 Å². The van der Waals surface area contributed by atoms with Gasteiger partial charge in [-0.25, -0.2) is 8.42 Å². The Kier molecular flexibility index (Phi) is 11.2. The topological polar surface area (TPSA) is 57.2 Å². The average Bonchev–Trinajstić information content (AvgIpc) is 2.61. The van der Waals surface area contributed by atoms with E-state index in [9.17, 15) is 13.0 Å². The average molecular weight is 399 g/mol. The first-order valence-electron chi connectivity index (χ1n) is 9.97. The first-order chi connectivity index (χ1) is 12.5. The van der Waals surface area contributed by atoms with Gasteiger partial charge in [0.05, 0.1) is 4.90 Å². The zero-order valence-corrected chi connectivity index (χ0v) is 19.9. The zero-order chi connectivity index (χ0) is 19.0. The molecule has 0 amide bonds. The van der Waals surface area contributed by atoms with Crippen LogP contribution in [0.15, 0.2) is 35.2 Å². The molecule has 0 spiro atoms. The Labute approximate surface area is 187 Å². The van der Waals surface area contributed by atoms with E-state index in [4.69, 9.17) is 0 Å². The second-order valence-corrected chi connectivity index (χ2v) is 8.56. The van der Waals surface area contributed by atoms with Crippen LogP contribution < -0.4 is 29.6 Å². The number of benzene rings is 2. The monoisotopic (exact) mass is 398 g/mol. The van der Waals surface area contributed by atoms with Crippen molar-refractivity contribution < 1.29 is 42.5 Å². The van der Waals surface area contributed by atoms with Crippen LogP contribution in [0.5, 0.6) is 0 Å². The van der Waals surface area contributed by atoms with Crippen molar-refractivity contribution >= 4 is 20.9 Å². The number of hydrogen-bond acceptors (Lipinski definition) is 3. The van der Waals surface area contributed by atoms with Crippen LogP contribution in [0.3, 0.4) is 0 Å². The maximum absolute atomic E-state index is 11.7. The quantitative estimate of drug-likeness (QED) is 0.332. The summed E-state index contributed by atoms with van der Waals surface area (Å²) in [7, 11) is -4.45. The Morgan fingerprint density at radius 1 is 0.778 bits per heavy atom. The molecule has 0 heterocycles. The molecule has 3 nitrogen and oxygen atoms in total. The summed E-state index contributed by atoms with van der Waals surface area (Å²) in [5, 5.41) is 1.87. The Bertz CT molecular complexity index is 816. The summed E-state index contributed by atoms with van der Waals surface area (Å²) in [5.74, 6) is 0. The molecule has 2 rings (SSSR count). The fraction of sp³-hybridized carbons (Fsp3) is 0.545. The summed E-state index contributed by atoms with van der Waals surface area (Å²) in [6.45, 7) is 4.35. The van der Waals surface area contributed by atoms with Crippen LogP contribution in [0.1, 0.15) is 76.3 Å². The van der Waals surface area contributed by atoms with Gasteiger partial charge in [-0.05, 0) is 59.7 Å². The first kappa shape index (κ1) is 24.6. The van der Waals surface area contributed by atoms with E-state index in [1.807, 2.05) is 12.1 Å². The molecule has 5 heteroatoms. The third kappa shape index (κ3) is 7.86. The Morgan fingerprint density at radius 2 is 1.41 bits per heavy atom. The Balaban J connectivity index is 0.00000364. The van der Waals surface area contributed by atoms with E-state index in [1.165, 1.54) is 31.2 Å². The molecule has 0 bridgehead atoms. The summed E-state index contributed by atoms with van der Waals surface area (Å²) in [4.78, 5) is -0.0443. The predicted octanol–water partition coefficient (Wildman–Crippen LogP) is 2.99. The number of rotatable bonds is 11. The Hall–Kier alpha value is -0.390. The summed E-state index contributed by atoms with van der Waals surface area (Å²) >= 11 is 0. The van der Waals surface area contributed by atoms with Gasteiger partial charge in [0.1, 0.15) is 10.1 Å². The van der Waals surface area contributed by atoms with E-state index in [-0.39, 0.29) is 34.5 Å². The maximum atomic E-state index is 11.7. The second kappa shape index (κ2) is 12.2. The first-order valence-corrected chi connectivity index (χ1v) is 11.4. The number of hydrogen-bond donors (Lipinski definition) is 0. The van der Waals surface area contributed by atoms with Crippen molar-refractivity contribution in [2.75, 3.05) is 0 Å². The molecule has 0 N–H and O–H groups in total. The molecule has 0 aromatic heterocycles. The van der Waals surface area contributed by atoms with Crippen molar-refractivity contribution in [2.24, 2.45) is 0 Å². The minimum absolute atomic E-state index is 0. The van der Waals surface area contributed by atoms with Crippen LogP contribution in [0.25, 0.3) is 10.8 Å². The molecule has 0 saturated heterocycles. The van der Waals surface area contributed by atoms with Gasteiger partial charge in [0.2, 0.25) is 0 Å². The SMILES string of the molecule is CCCCCCc1ccc2cc(S(=O)(=O)[O-])c(CCCCCC)cc2c1.[Na+]. The van der Waals surface area contributed by atoms with Gasteiger partial charge in [-0.3, -0.25) is 0 Å². The van der Waals surface area contributed by atoms with E-state index >= 15 is 0 Å². The van der Waals surface area contributed by atoms with Crippen LogP contribution >= 0.6 is 0 Å². The van der Waals surface area contributed by atoms with Crippen molar-refractivity contribution in [1.29, 1.82) is 0 Å². The van der Waals surface area contributed by atoms with E-state index < -0.39 is 10.1 Å². The molecule has 0 aliphatic heterocycles. The van der Waals surface area contributed by atoms with E-state index in [0.29, 0.717) is 12.0 Å². The molecule has 0 unspecified atom stereocenters. The molecule has 0 atom stereocenters. The van der Waals surface area contributed by atoms with E-state index in [0.717, 1.165) is 42.9 Å². The number of aryl methyl sites for hydroxylation is 2. The molecule has 0 radical (unpaired) electrons. The summed E-state index contributed by atoms with van der Waals surface area (Å²) < 4.78 is 35.1. The fourth-order valence-electron chi connectivity index (χ4n) is 3.46. The third-order valence-corrected chi connectivity index (χ3v) is 5.89. The zero-order valence-electron chi connectivity index (χ0n) is 17.1. The minimum Gasteiger partial charge on any atom is -0.744 e. The molecule has 0 aliphatic carbocycles. The van der Waals surface area contributed by atoms with Crippen LogP contribution in [0.2, 0.25) is 0 Å². The summed E-state index contributed by atoms with van der Waals surface area (Å²) in [6.07, 6.45) is 10.8.